The second-order valence-electron chi connectivity index (χ2n) is 10.6. The summed E-state index contributed by atoms with van der Waals surface area (Å²) in [5.41, 5.74) is 3.03. The summed E-state index contributed by atoms with van der Waals surface area (Å²) >= 11 is 0. The maximum atomic E-state index is 6.08. The molecule has 160 valence electrons. The van der Waals surface area contributed by atoms with Crippen LogP contribution in [0.25, 0.3) is 0 Å². The largest absolute Gasteiger partial charge is 0.491 e. The molecule has 2 nitrogen and oxygen atoms in total. The first-order chi connectivity index (χ1) is 13.5. The lowest BCUT2D eigenvalue weighted by Gasteiger charge is -2.33. The van der Waals surface area contributed by atoms with Crippen molar-refractivity contribution in [3.8, 4) is 5.75 Å². The zero-order valence-corrected chi connectivity index (χ0v) is 19.5. The maximum Gasteiger partial charge on any atom is 0.119 e. The molecule has 2 aromatic rings. The number of hydrogen-bond acceptors (Lipinski definition) is 2. The predicted molar refractivity (Wildman–Crippen MR) is 124 cm³/mol. The fourth-order valence-corrected chi connectivity index (χ4v) is 4.07. The van der Waals surface area contributed by atoms with Crippen molar-refractivity contribution in [3.05, 3.63) is 65.7 Å². The summed E-state index contributed by atoms with van der Waals surface area (Å²) in [6.07, 6.45) is 3.17. The summed E-state index contributed by atoms with van der Waals surface area (Å²) < 4.78 is 12.0. The van der Waals surface area contributed by atoms with E-state index in [1.807, 2.05) is 0 Å². The van der Waals surface area contributed by atoms with Gasteiger partial charge in [0.15, 0.2) is 0 Å². The number of ether oxygens (including phenoxy) is 2. The Hall–Kier alpha value is -1.80. The van der Waals surface area contributed by atoms with Crippen molar-refractivity contribution in [2.24, 2.45) is 5.41 Å². The van der Waals surface area contributed by atoms with Crippen LogP contribution in [0.3, 0.4) is 0 Å². The molecule has 0 aliphatic rings. The topological polar surface area (TPSA) is 18.5 Å². The van der Waals surface area contributed by atoms with Crippen LogP contribution in [0.15, 0.2) is 54.6 Å². The van der Waals surface area contributed by atoms with Crippen molar-refractivity contribution in [2.75, 3.05) is 13.2 Å². The summed E-state index contributed by atoms with van der Waals surface area (Å²) in [4.78, 5) is 0. The van der Waals surface area contributed by atoms with Gasteiger partial charge < -0.3 is 9.47 Å². The van der Waals surface area contributed by atoms with Crippen LogP contribution in [0.2, 0.25) is 0 Å². The molecule has 0 atom stereocenters. The Morgan fingerprint density at radius 1 is 0.724 bits per heavy atom. The smallest absolute Gasteiger partial charge is 0.119 e. The van der Waals surface area contributed by atoms with Crippen LogP contribution in [-0.2, 0) is 16.6 Å². The van der Waals surface area contributed by atoms with E-state index in [0.29, 0.717) is 18.6 Å². The molecule has 0 aliphatic heterocycles. The molecule has 0 spiro atoms. The van der Waals surface area contributed by atoms with E-state index in [1.54, 1.807) is 0 Å². The quantitative estimate of drug-likeness (QED) is 0.395. The molecule has 0 aliphatic carbocycles. The number of hydrogen-bond donors (Lipinski definition) is 0. The van der Waals surface area contributed by atoms with Gasteiger partial charge in [0, 0.05) is 0 Å². The van der Waals surface area contributed by atoms with Gasteiger partial charge in [-0.2, -0.15) is 0 Å². The van der Waals surface area contributed by atoms with E-state index in [9.17, 15) is 0 Å². The maximum absolute atomic E-state index is 6.08. The summed E-state index contributed by atoms with van der Waals surface area (Å²) in [7, 11) is 0. The van der Waals surface area contributed by atoms with Crippen LogP contribution in [0.4, 0.5) is 0 Å². The molecule has 0 N–H and O–H groups in total. The number of benzene rings is 2. The van der Waals surface area contributed by atoms with E-state index < -0.39 is 0 Å². The monoisotopic (exact) mass is 396 g/mol. The molecule has 0 fully saturated rings. The molecule has 2 rings (SSSR count). The Morgan fingerprint density at radius 2 is 1.34 bits per heavy atom. The van der Waals surface area contributed by atoms with Crippen LogP contribution in [0, 0.1) is 5.41 Å². The van der Waals surface area contributed by atoms with Crippen LogP contribution in [0.1, 0.15) is 72.4 Å². The van der Waals surface area contributed by atoms with Crippen molar-refractivity contribution in [1.82, 2.24) is 0 Å². The van der Waals surface area contributed by atoms with Gasteiger partial charge in [-0.05, 0) is 67.2 Å². The third-order valence-corrected chi connectivity index (χ3v) is 5.31. The fourth-order valence-electron chi connectivity index (χ4n) is 4.07. The van der Waals surface area contributed by atoms with Gasteiger partial charge in [-0.25, -0.2) is 0 Å². The van der Waals surface area contributed by atoms with Crippen LogP contribution >= 0.6 is 0 Å². The standard InChI is InChI=1S/C27H40O2/c1-25(2,3)21-26(4,5)23-13-15-24(16-14-23)28-19-20-29-27(6,7)18-17-22-11-9-8-10-12-22/h8-16H,17-21H2,1-7H3. The van der Waals surface area contributed by atoms with E-state index in [-0.39, 0.29) is 11.0 Å². The summed E-state index contributed by atoms with van der Waals surface area (Å²) in [6, 6.07) is 19.1. The van der Waals surface area contributed by atoms with Crippen LogP contribution in [-0.4, -0.2) is 18.8 Å². The van der Waals surface area contributed by atoms with Crippen molar-refractivity contribution in [3.63, 3.8) is 0 Å². The van der Waals surface area contributed by atoms with Gasteiger partial charge in [-0.15, -0.1) is 0 Å². The lowest BCUT2D eigenvalue weighted by molar-refractivity contribution is -0.0346. The van der Waals surface area contributed by atoms with E-state index >= 15 is 0 Å². The highest BCUT2D eigenvalue weighted by atomic mass is 16.5. The molecular weight excluding hydrogens is 356 g/mol. The second kappa shape index (κ2) is 9.80. The molecule has 0 amide bonds. The molecule has 2 aromatic carbocycles. The lowest BCUT2D eigenvalue weighted by atomic mass is 9.72. The molecule has 0 radical (unpaired) electrons. The van der Waals surface area contributed by atoms with E-state index in [1.165, 1.54) is 11.1 Å². The van der Waals surface area contributed by atoms with Gasteiger partial charge in [-0.3, -0.25) is 0 Å². The van der Waals surface area contributed by atoms with Crippen molar-refractivity contribution < 1.29 is 9.47 Å². The number of rotatable bonds is 10. The zero-order valence-electron chi connectivity index (χ0n) is 19.5. The van der Waals surface area contributed by atoms with Crippen molar-refractivity contribution in [1.29, 1.82) is 0 Å². The lowest BCUT2D eigenvalue weighted by Crippen LogP contribution is -2.27. The Labute approximate surface area is 178 Å². The first-order valence-electron chi connectivity index (χ1n) is 10.9. The second-order valence-corrected chi connectivity index (χ2v) is 10.6. The molecule has 29 heavy (non-hydrogen) atoms. The third kappa shape index (κ3) is 8.62. The summed E-state index contributed by atoms with van der Waals surface area (Å²) in [6.45, 7) is 17.0. The third-order valence-electron chi connectivity index (χ3n) is 5.31. The minimum Gasteiger partial charge on any atom is -0.491 e. The van der Waals surface area contributed by atoms with Crippen LogP contribution in [0.5, 0.6) is 5.75 Å². The van der Waals surface area contributed by atoms with Crippen molar-refractivity contribution in [2.45, 2.75) is 78.7 Å². The summed E-state index contributed by atoms with van der Waals surface area (Å²) in [5, 5.41) is 0. The normalized spacial score (nSPS) is 12.8. The average molecular weight is 397 g/mol. The minimum absolute atomic E-state index is 0.153. The average Bonchev–Trinajstić information content (AvgIpc) is 2.63. The Bertz CT molecular complexity index is 721. The minimum atomic E-state index is -0.153. The Kier molecular flexibility index (Phi) is 7.94. The van der Waals surface area contributed by atoms with Gasteiger partial charge in [0.1, 0.15) is 12.4 Å². The van der Waals surface area contributed by atoms with Gasteiger partial charge in [0.2, 0.25) is 0 Å². The predicted octanol–water partition coefficient (Wildman–Crippen LogP) is 7.21. The van der Waals surface area contributed by atoms with Gasteiger partial charge in [0.25, 0.3) is 0 Å². The molecule has 0 bridgehead atoms. The van der Waals surface area contributed by atoms with Gasteiger partial charge in [0.05, 0.1) is 12.2 Å². The Balaban J connectivity index is 1.76. The highest BCUT2D eigenvalue weighted by Gasteiger charge is 2.27. The van der Waals surface area contributed by atoms with E-state index in [4.69, 9.17) is 9.47 Å². The van der Waals surface area contributed by atoms with E-state index in [2.05, 4.69) is 103 Å². The zero-order chi connectivity index (χ0) is 21.5. The Morgan fingerprint density at radius 3 is 1.93 bits per heavy atom. The molecule has 2 heteroatoms. The fraction of sp³-hybridized carbons (Fsp3) is 0.556. The molecule has 0 aromatic heterocycles. The van der Waals surface area contributed by atoms with Gasteiger partial charge in [-0.1, -0.05) is 77.1 Å². The first-order valence-corrected chi connectivity index (χ1v) is 10.9. The molecule has 0 unspecified atom stereocenters. The highest BCUT2D eigenvalue weighted by Crippen LogP contribution is 2.36. The number of aryl methyl sites for hydroxylation is 1. The van der Waals surface area contributed by atoms with Crippen LogP contribution < -0.4 is 4.74 Å². The first kappa shape index (κ1) is 23.5. The molecule has 0 heterocycles. The SMILES string of the molecule is CC(C)(C)CC(C)(C)c1ccc(OCCOC(C)(C)CCc2ccccc2)cc1. The highest BCUT2D eigenvalue weighted by molar-refractivity contribution is 5.31. The summed E-state index contributed by atoms with van der Waals surface area (Å²) in [5.74, 6) is 0.908. The van der Waals surface area contributed by atoms with E-state index in [0.717, 1.165) is 25.0 Å². The molecular formula is C27H40O2. The van der Waals surface area contributed by atoms with Gasteiger partial charge >= 0.3 is 0 Å². The van der Waals surface area contributed by atoms with Crippen molar-refractivity contribution >= 4 is 0 Å². The molecule has 0 saturated heterocycles. The molecule has 0 saturated carbocycles.